The van der Waals surface area contributed by atoms with Crippen LogP contribution in [0.1, 0.15) is 6.92 Å². The zero-order chi connectivity index (χ0) is 7.28. The van der Waals surface area contributed by atoms with E-state index in [0.717, 1.165) is 0 Å². The van der Waals surface area contributed by atoms with Crippen molar-refractivity contribution in [3.05, 3.63) is 0 Å². The van der Waals surface area contributed by atoms with E-state index in [1.807, 2.05) is 0 Å². The maximum absolute atomic E-state index is 10.2. The van der Waals surface area contributed by atoms with Gasteiger partial charge in [0.25, 0.3) is 0 Å². The quantitative estimate of drug-likeness (QED) is 0.407. The van der Waals surface area contributed by atoms with Crippen molar-refractivity contribution < 1.29 is 19.0 Å². The van der Waals surface area contributed by atoms with Crippen molar-refractivity contribution in [2.24, 2.45) is 0 Å². The molecule has 0 N–H and O–H groups in total. The number of ether oxygens (including phenoxy) is 1. The topological polar surface area (TPSA) is 66.4 Å². The minimum atomic E-state index is -2.63. The minimum Gasteiger partial charge on any atom is -0.595 e. The summed E-state index contributed by atoms with van der Waals surface area (Å²) in [5.74, 6) is -0.686. The standard InChI is InChI=1S/C4H7O4P/c1-2-8-4(5)3-9(6)7/h2-3H2,1H3. The van der Waals surface area contributed by atoms with Gasteiger partial charge in [-0.1, -0.05) is 4.57 Å². The Bertz CT molecular complexity index is 122. The third-order valence-electron chi connectivity index (χ3n) is 0.564. The Morgan fingerprint density at radius 2 is 2.33 bits per heavy atom. The SMILES string of the molecule is CCOC(=O)C[P+](=O)[O-]. The van der Waals surface area contributed by atoms with Crippen LogP contribution in [0.3, 0.4) is 0 Å². The van der Waals surface area contributed by atoms with Gasteiger partial charge >= 0.3 is 14.0 Å². The lowest BCUT2D eigenvalue weighted by Gasteiger charge is -1.93. The highest BCUT2D eigenvalue weighted by Crippen LogP contribution is 2.05. The fraction of sp³-hybridized carbons (Fsp3) is 0.750. The first-order valence-corrected chi connectivity index (χ1v) is 3.80. The van der Waals surface area contributed by atoms with Crippen molar-refractivity contribution in [3.8, 4) is 0 Å². The number of carbonyl (C=O) groups is 1. The monoisotopic (exact) mass is 150 g/mol. The molecule has 4 nitrogen and oxygen atoms in total. The highest BCUT2D eigenvalue weighted by Gasteiger charge is 2.10. The molecule has 0 spiro atoms. The summed E-state index contributed by atoms with van der Waals surface area (Å²) in [5, 5.41) is 0. The van der Waals surface area contributed by atoms with Gasteiger partial charge in [-0.05, 0) is 6.92 Å². The molecule has 1 unspecified atom stereocenters. The maximum Gasteiger partial charge on any atom is 0.354 e. The van der Waals surface area contributed by atoms with E-state index in [2.05, 4.69) is 4.74 Å². The maximum atomic E-state index is 10.2. The second-order valence-electron chi connectivity index (χ2n) is 1.30. The van der Waals surface area contributed by atoms with Gasteiger partial charge in [-0.2, -0.15) is 0 Å². The van der Waals surface area contributed by atoms with Gasteiger partial charge in [0.2, 0.25) is 6.16 Å². The molecule has 0 bridgehead atoms. The van der Waals surface area contributed by atoms with Crippen LogP contribution in [0.2, 0.25) is 0 Å². The van der Waals surface area contributed by atoms with Crippen molar-refractivity contribution in [3.63, 3.8) is 0 Å². The molecule has 1 atom stereocenters. The van der Waals surface area contributed by atoms with Gasteiger partial charge in [0.05, 0.1) is 6.61 Å². The normalized spacial score (nSPS) is 10.7. The smallest absolute Gasteiger partial charge is 0.354 e. The zero-order valence-corrected chi connectivity index (χ0v) is 5.89. The molecule has 52 valence electrons. The molecule has 0 aliphatic heterocycles. The fourth-order valence-corrected chi connectivity index (χ4v) is 0.614. The predicted octanol–water partition coefficient (Wildman–Crippen LogP) is -0.348. The summed E-state index contributed by atoms with van der Waals surface area (Å²) in [6, 6.07) is 0. The van der Waals surface area contributed by atoms with Crippen LogP contribution >= 0.6 is 8.03 Å². The molecular weight excluding hydrogens is 143 g/mol. The Balaban J connectivity index is 3.39. The number of hydrogen-bond acceptors (Lipinski definition) is 4. The molecule has 9 heavy (non-hydrogen) atoms. The Morgan fingerprint density at radius 1 is 1.78 bits per heavy atom. The van der Waals surface area contributed by atoms with Crippen LogP contribution in [0.4, 0.5) is 0 Å². The lowest BCUT2D eigenvalue weighted by molar-refractivity contribution is -0.166. The van der Waals surface area contributed by atoms with Crippen LogP contribution < -0.4 is 4.89 Å². The highest BCUT2D eigenvalue weighted by atomic mass is 31.1. The number of hydrogen-bond donors (Lipinski definition) is 0. The van der Waals surface area contributed by atoms with E-state index in [4.69, 9.17) is 0 Å². The van der Waals surface area contributed by atoms with E-state index in [1.165, 1.54) is 0 Å². The summed E-state index contributed by atoms with van der Waals surface area (Å²) >= 11 is 0. The van der Waals surface area contributed by atoms with Gasteiger partial charge in [-0.25, -0.2) is 4.79 Å². The van der Waals surface area contributed by atoms with Crippen molar-refractivity contribution >= 4 is 14.0 Å². The molecule has 0 aromatic carbocycles. The number of esters is 1. The molecule has 5 heteroatoms. The van der Waals surface area contributed by atoms with Crippen LogP contribution in [0, 0.1) is 0 Å². The zero-order valence-electron chi connectivity index (χ0n) is 4.99. The number of rotatable bonds is 3. The van der Waals surface area contributed by atoms with Crippen LogP contribution in [-0.2, 0) is 14.1 Å². The first kappa shape index (κ1) is 8.53. The molecule has 0 heterocycles. The Kier molecular flexibility index (Phi) is 4.18. The molecule has 0 rings (SSSR count). The largest absolute Gasteiger partial charge is 0.595 e. The van der Waals surface area contributed by atoms with E-state index in [9.17, 15) is 14.3 Å². The Hall–Kier alpha value is -0.470. The van der Waals surface area contributed by atoms with E-state index in [1.54, 1.807) is 6.92 Å². The summed E-state index contributed by atoms with van der Waals surface area (Å²) < 4.78 is 14.2. The molecular formula is C4H7O4P. The summed E-state index contributed by atoms with van der Waals surface area (Å²) in [6.45, 7) is 1.85. The van der Waals surface area contributed by atoms with Gasteiger partial charge in [-0.15, -0.1) is 0 Å². The van der Waals surface area contributed by atoms with Gasteiger partial charge in [0, 0.05) is 0 Å². The first-order valence-electron chi connectivity index (χ1n) is 2.44. The average Bonchev–Trinajstić information content (AvgIpc) is 1.63. The van der Waals surface area contributed by atoms with Crippen LogP contribution in [-0.4, -0.2) is 18.7 Å². The first-order chi connectivity index (χ1) is 4.16. The van der Waals surface area contributed by atoms with Crippen molar-refractivity contribution in [2.75, 3.05) is 12.8 Å². The van der Waals surface area contributed by atoms with E-state index >= 15 is 0 Å². The second-order valence-corrected chi connectivity index (χ2v) is 2.28. The third kappa shape index (κ3) is 5.40. The van der Waals surface area contributed by atoms with Gasteiger partial charge in [0.1, 0.15) is 0 Å². The Morgan fingerprint density at radius 3 is 2.67 bits per heavy atom. The molecule has 0 fully saturated rings. The summed E-state index contributed by atoms with van der Waals surface area (Å²) in [5.41, 5.74) is 0. The van der Waals surface area contributed by atoms with Crippen LogP contribution in [0.15, 0.2) is 0 Å². The van der Waals surface area contributed by atoms with E-state index < -0.39 is 20.2 Å². The molecule has 0 amide bonds. The third-order valence-corrected chi connectivity index (χ3v) is 1.08. The van der Waals surface area contributed by atoms with E-state index in [0.29, 0.717) is 0 Å². The summed E-state index contributed by atoms with van der Waals surface area (Å²) in [7, 11) is -2.63. The summed E-state index contributed by atoms with van der Waals surface area (Å²) in [4.78, 5) is 20.1. The van der Waals surface area contributed by atoms with Crippen molar-refractivity contribution in [1.82, 2.24) is 0 Å². The molecule has 0 radical (unpaired) electrons. The van der Waals surface area contributed by atoms with Crippen LogP contribution in [0.25, 0.3) is 0 Å². The Labute approximate surface area is 53.7 Å². The molecule has 0 saturated heterocycles. The average molecular weight is 150 g/mol. The molecule has 0 aromatic rings. The predicted molar refractivity (Wildman–Crippen MR) is 29.1 cm³/mol. The molecule has 0 aliphatic rings. The number of carbonyl (C=O) groups excluding carboxylic acids is 1. The lowest BCUT2D eigenvalue weighted by atomic mass is 10.8. The van der Waals surface area contributed by atoms with Crippen LogP contribution in [0.5, 0.6) is 0 Å². The van der Waals surface area contributed by atoms with Gasteiger partial charge in [-0.3, -0.25) is 0 Å². The molecule has 0 aromatic heterocycles. The van der Waals surface area contributed by atoms with Gasteiger partial charge < -0.3 is 9.63 Å². The fourth-order valence-electron chi connectivity index (χ4n) is 0.312. The lowest BCUT2D eigenvalue weighted by Crippen LogP contribution is -2.09. The molecule has 0 saturated carbocycles. The molecule has 0 aliphatic carbocycles. The van der Waals surface area contributed by atoms with Gasteiger partial charge in [0.15, 0.2) is 0 Å². The highest BCUT2D eigenvalue weighted by molar-refractivity contribution is 7.37. The van der Waals surface area contributed by atoms with Crippen molar-refractivity contribution in [2.45, 2.75) is 6.92 Å². The van der Waals surface area contributed by atoms with E-state index in [-0.39, 0.29) is 6.61 Å². The minimum absolute atomic E-state index is 0.224. The summed E-state index contributed by atoms with van der Waals surface area (Å²) in [6.07, 6.45) is -0.511. The van der Waals surface area contributed by atoms with Crippen molar-refractivity contribution in [1.29, 1.82) is 0 Å². The second kappa shape index (κ2) is 4.41.